The molecule has 0 fully saturated rings. The van der Waals surface area contributed by atoms with Crippen LogP contribution in [0.5, 0.6) is 0 Å². The summed E-state index contributed by atoms with van der Waals surface area (Å²) in [6.45, 7) is 4.02. The van der Waals surface area contributed by atoms with E-state index in [2.05, 4.69) is 24.1 Å². The molecule has 0 radical (unpaired) electrons. The third-order valence-electron chi connectivity index (χ3n) is 1.55. The van der Waals surface area contributed by atoms with Crippen molar-refractivity contribution in [2.24, 2.45) is 0 Å². The van der Waals surface area contributed by atoms with E-state index in [1.54, 1.807) is 0 Å². The second-order valence-corrected chi connectivity index (χ2v) is 3.02. The predicted molar refractivity (Wildman–Crippen MR) is 45.5 cm³/mol. The predicted octanol–water partition coefficient (Wildman–Crippen LogP) is 0.753. The van der Waals surface area contributed by atoms with E-state index in [1.807, 2.05) is 23.9 Å². The highest BCUT2D eigenvalue weighted by Crippen LogP contribution is 1.92. The maximum atomic E-state index is 4.27. The summed E-state index contributed by atoms with van der Waals surface area (Å²) in [6, 6.07) is 2.02. The summed E-state index contributed by atoms with van der Waals surface area (Å²) in [7, 11) is 4.13. The van der Waals surface area contributed by atoms with Crippen LogP contribution in [-0.4, -0.2) is 35.3 Å². The molecular formula is C8H15N3. The van der Waals surface area contributed by atoms with Crippen molar-refractivity contribution in [2.75, 3.05) is 20.6 Å². The van der Waals surface area contributed by atoms with Gasteiger partial charge in [-0.15, -0.1) is 0 Å². The maximum Gasteiger partial charge on any atom is 0.0593 e. The Balaban J connectivity index is 2.39. The van der Waals surface area contributed by atoms with Gasteiger partial charge in [0, 0.05) is 12.7 Å². The Morgan fingerprint density at radius 2 is 2.27 bits per heavy atom. The van der Waals surface area contributed by atoms with E-state index in [-0.39, 0.29) is 0 Å². The Morgan fingerprint density at radius 1 is 1.55 bits per heavy atom. The van der Waals surface area contributed by atoms with Crippen molar-refractivity contribution in [1.82, 2.24) is 14.7 Å². The van der Waals surface area contributed by atoms with Gasteiger partial charge in [-0.25, -0.2) is 0 Å². The summed E-state index contributed by atoms with van der Waals surface area (Å²) in [5, 5.41) is 4.27. The van der Waals surface area contributed by atoms with Crippen LogP contribution in [0.4, 0.5) is 0 Å². The van der Waals surface area contributed by atoms with E-state index in [0.717, 1.165) is 18.8 Å². The van der Waals surface area contributed by atoms with Crippen LogP contribution in [0, 0.1) is 6.92 Å². The number of hydrogen-bond donors (Lipinski definition) is 0. The van der Waals surface area contributed by atoms with Crippen LogP contribution in [0.2, 0.25) is 0 Å². The van der Waals surface area contributed by atoms with Crippen molar-refractivity contribution in [1.29, 1.82) is 0 Å². The summed E-state index contributed by atoms with van der Waals surface area (Å²) in [6.07, 6.45) is 2.01. The highest BCUT2D eigenvalue weighted by atomic mass is 15.3. The number of nitrogens with zero attached hydrogens (tertiary/aromatic N) is 3. The minimum Gasteiger partial charge on any atom is -0.308 e. The van der Waals surface area contributed by atoms with Gasteiger partial charge in [-0.3, -0.25) is 4.68 Å². The molecule has 0 aromatic carbocycles. The lowest BCUT2D eigenvalue weighted by atomic mass is 10.5. The second kappa shape index (κ2) is 3.53. The Labute approximate surface area is 67.6 Å². The molecule has 0 amide bonds. The van der Waals surface area contributed by atoms with E-state index >= 15 is 0 Å². The Hall–Kier alpha value is -0.830. The van der Waals surface area contributed by atoms with Crippen molar-refractivity contribution < 1.29 is 0 Å². The highest BCUT2D eigenvalue weighted by Gasteiger charge is 1.93. The topological polar surface area (TPSA) is 21.1 Å². The highest BCUT2D eigenvalue weighted by molar-refractivity contribution is 4.94. The van der Waals surface area contributed by atoms with Crippen LogP contribution in [0.25, 0.3) is 0 Å². The van der Waals surface area contributed by atoms with Gasteiger partial charge >= 0.3 is 0 Å². The summed E-state index contributed by atoms with van der Waals surface area (Å²) in [5.41, 5.74) is 1.09. The molecule has 0 spiro atoms. The van der Waals surface area contributed by atoms with Crippen molar-refractivity contribution in [2.45, 2.75) is 13.5 Å². The van der Waals surface area contributed by atoms with Crippen LogP contribution >= 0.6 is 0 Å². The molecule has 1 heterocycles. The van der Waals surface area contributed by atoms with Crippen LogP contribution in [-0.2, 0) is 6.54 Å². The molecule has 0 aliphatic heterocycles. The molecular weight excluding hydrogens is 138 g/mol. The lowest BCUT2D eigenvalue weighted by molar-refractivity contribution is 0.373. The SMILES string of the molecule is Cc1ccn(CCN(C)C)n1. The van der Waals surface area contributed by atoms with Gasteiger partial charge in [0.2, 0.25) is 0 Å². The monoisotopic (exact) mass is 153 g/mol. The van der Waals surface area contributed by atoms with E-state index in [1.165, 1.54) is 0 Å². The summed E-state index contributed by atoms with van der Waals surface area (Å²) in [4.78, 5) is 2.15. The van der Waals surface area contributed by atoms with E-state index in [4.69, 9.17) is 0 Å². The fourth-order valence-electron chi connectivity index (χ4n) is 0.890. The molecule has 0 bridgehead atoms. The number of likely N-dealkylation sites (N-methyl/N-ethyl adjacent to an activating group) is 1. The van der Waals surface area contributed by atoms with E-state index in [9.17, 15) is 0 Å². The standard InChI is InChI=1S/C8H15N3/c1-8-4-5-11(9-8)7-6-10(2)3/h4-5H,6-7H2,1-3H3. The largest absolute Gasteiger partial charge is 0.308 e. The van der Waals surface area contributed by atoms with Crippen LogP contribution in [0.1, 0.15) is 5.69 Å². The van der Waals surface area contributed by atoms with Crippen LogP contribution in [0.15, 0.2) is 12.3 Å². The smallest absolute Gasteiger partial charge is 0.0593 e. The normalized spacial score (nSPS) is 10.9. The number of rotatable bonds is 3. The van der Waals surface area contributed by atoms with Gasteiger partial charge < -0.3 is 4.90 Å². The zero-order valence-electron chi connectivity index (χ0n) is 7.41. The molecule has 0 aliphatic carbocycles. The minimum atomic E-state index is 0.973. The van der Waals surface area contributed by atoms with Gasteiger partial charge in [0.05, 0.1) is 12.2 Å². The molecule has 1 aromatic rings. The third kappa shape index (κ3) is 2.72. The fraction of sp³-hybridized carbons (Fsp3) is 0.625. The zero-order chi connectivity index (χ0) is 8.27. The molecule has 1 rings (SSSR count). The average molecular weight is 153 g/mol. The van der Waals surface area contributed by atoms with Gasteiger partial charge in [0.1, 0.15) is 0 Å². The Morgan fingerprint density at radius 3 is 2.73 bits per heavy atom. The van der Waals surface area contributed by atoms with Crippen molar-refractivity contribution in [3.8, 4) is 0 Å². The van der Waals surface area contributed by atoms with Crippen LogP contribution < -0.4 is 0 Å². The van der Waals surface area contributed by atoms with Gasteiger partial charge in [-0.1, -0.05) is 0 Å². The summed E-state index contributed by atoms with van der Waals surface area (Å²) in [5.74, 6) is 0. The molecule has 3 heteroatoms. The van der Waals surface area contributed by atoms with E-state index in [0.29, 0.717) is 0 Å². The molecule has 0 saturated carbocycles. The van der Waals surface area contributed by atoms with E-state index < -0.39 is 0 Å². The van der Waals surface area contributed by atoms with Crippen molar-refractivity contribution in [3.63, 3.8) is 0 Å². The number of aryl methyl sites for hydroxylation is 1. The fourth-order valence-corrected chi connectivity index (χ4v) is 0.890. The summed E-state index contributed by atoms with van der Waals surface area (Å²) < 4.78 is 1.97. The van der Waals surface area contributed by atoms with Gasteiger partial charge in [0.15, 0.2) is 0 Å². The average Bonchev–Trinajstić information content (AvgIpc) is 2.31. The van der Waals surface area contributed by atoms with Gasteiger partial charge in [0.25, 0.3) is 0 Å². The minimum absolute atomic E-state index is 0.973. The molecule has 0 atom stereocenters. The lowest BCUT2D eigenvalue weighted by Crippen LogP contribution is -2.18. The maximum absolute atomic E-state index is 4.27. The molecule has 0 unspecified atom stereocenters. The number of hydrogen-bond acceptors (Lipinski definition) is 2. The molecule has 0 N–H and O–H groups in total. The quantitative estimate of drug-likeness (QED) is 0.639. The molecule has 0 saturated heterocycles. The first-order chi connectivity index (χ1) is 5.18. The number of aromatic nitrogens is 2. The van der Waals surface area contributed by atoms with Crippen molar-refractivity contribution >= 4 is 0 Å². The second-order valence-electron chi connectivity index (χ2n) is 3.02. The molecule has 1 aromatic heterocycles. The summed E-state index contributed by atoms with van der Waals surface area (Å²) >= 11 is 0. The lowest BCUT2D eigenvalue weighted by Gasteiger charge is -2.08. The first kappa shape index (κ1) is 8.27. The third-order valence-corrected chi connectivity index (χ3v) is 1.55. The Kier molecular flexibility index (Phi) is 2.65. The van der Waals surface area contributed by atoms with Gasteiger partial charge in [-0.2, -0.15) is 5.10 Å². The molecule has 62 valence electrons. The molecule has 11 heavy (non-hydrogen) atoms. The van der Waals surface area contributed by atoms with Gasteiger partial charge in [-0.05, 0) is 27.1 Å². The van der Waals surface area contributed by atoms with Crippen molar-refractivity contribution in [3.05, 3.63) is 18.0 Å². The first-order valence-electron chi connectivity index (χ1n) is 3.83. The molecule has 3 nitrogen and oxygen atoms in total. The zero-order valence-corrected chi connectivity index (χ0v) is 7.41. The first-order valence-corrected chi connectivity index (χ1v) is 3.83. The van der Waals surface area contributed by atoms with Crippen LogP contribution in [0.3, 0.4) is 0 Å². The Bertz CT molecular complexity index is 215. The molecule has 0 aliphatic rings.